The highest BCUT2D eigenvalue weighted by molar-refractivity contribution is 7.99. The van der Waals surface area contributed by atoms with Crippen LogP contribution in [0.5, 0.6) is 0 Å². The number of aromatic nitrogens is 1. The second-order valence-corrected chi connectivity index (χ2v) is 5.81. The summed E-state index contributed by atoms with van der Waals surface area (Å²) in [4.78, 5) is 19.9. The first-order valence-corrected chi connectivity index (χ1v) is 7.41. The van der Waals surface area contributed by atoms with Crippen LogP contribution in [0.4, 0.5) is 11.4 Å². The SMILES string of the molecule is Cc1ncc(N)cc1C(=O)N1CCSc2ccccc21. The highest BCUT2D eigenvalue weighted by Crippen LogP contribution is 2.35. The zero-order valence-electron chi connectivity index (χ0n) is 11.2. The van der Waals surface area contributed by atoms with E-state index in [0.717, 1.165) is 16.3 Å². The van der Waals surface area contributed by atoms with Crippen molar-refractivity contribution in [3.63, 3.8) is 0 Å². The van der Waals surface area contributed by atoms with E-state index < -0.39 is 0 Å². The molecule has 0 bridgehead atoms. The molecule has 1 amide bonds. The molecule has 0 spiro atoms. The third kappa shape index (κ3) is 2.25. The maximum Gasteiger partial charge on any atom is 0.260 e. The lowest BCUT2D eigenvalue weighted by Crippen LogP contribution is -2.36. The molecule has 0 radical (unpaired) electrons. The smallest absolute Gasteiger partial charge is 0.260 e. The number of anilines is 2. The summed E-state index contributed by atoms with van der Waals surface area (Å²) >= 11 is 1.78. The Morgan fingerprint density at radius 3 is 3.05 bits per heavy atom. The maximum atomic E-state index is 12.8. The summed E-state index contributed by atoms with van der Waals surface area (Å²) in [5, 5.41) is 0. The van der Waals surface area contributed by atoms with Crippen LogP contribution in [0.25, 0.3) is 0 Å². The molecular formula is C15H15N3OS. The van der Waals surface area contributed by atoms with Crippen LogP contribution in [0.2, 0.25) is 0 Å². The van der Waals surface area contributed by atoms with Gasteiger partial charge in [-0.25, -0.2) is 0 Å². The number of nitrogen functional groups attached to an aromatic ring is 1. The van der Waals surface area contributed by atoms with Crippen molar-refractivity contribution in [1.29, 1.82) is 0 Å². The van der Waals surface area contributed by atoms with Crippen LogP contribution in [0.3, 0.4) is 0 Å². The minimum atomic E-state index is -0.0324. The van der Waals surface area contributed by atoms with Crippen molar-refractivity contribution in [3.8, 4) is 0 Å². The average Bonchev–Trinajstić information content (AvgIpc) is 2.48. The minimum absolute atomic E-state index is 0.0324. The topological polar surface area (TPSA) is 59.2 Å². The molecule has 2 N–H and O–H groups in total. The van der Waals surface area contributed by atoms with Crippen molar-refractivity contribution >= 4 is 29.0 Å². The summed E-state index contributed by atoms with van der Waals surface area (Å²) < 4.78 is 0. The number of amides is 1. The van der Waals surface area contributed by atoms with Crippen LogP contribution < -0.4 is 10.6 Å². The molecule has 0 saturated carbocycles. The van der Waals surface area contributed by atoms with Crippen molar-refractivity contribution in [2.24, 2.45) is 0 Å². The van der Waals surface area contributed by atoms with Gasteiger partial charge in [0.2, 0.25) is 0 Å². The summed E-state index contributed by atoms with van der Waals surface area (Å²) in [5.74, 6) is 0.868. The summed E-state index contributed by atoms with van der Waals surface area (Å²) in [6.45, 7) is 2.53. The van der Waals surface area contributed by atoms with Crippen LogP contribution in [0.15, 0.2) is 41.4 Å². The Bertz CT molecular complexity index is 672. The molecular weight excluding hydrogens is 270 g/mol. The van der Waals surface area contributed by atoms with Gasteiger partial charge in [0, 0.05) is 17.2 Å². The molecule has 102 valence electrons. The van der Waals surface area contributed by atoms with E-state index in [1.54, 1.807) is 24.0 Å². The molecule has 0 aliphatic carbocycles. The molecule has 2 heterocycles. The van der Waals surface area contributed by atoms with E-state index in [9.17, 15) is 4.79 Å². The molecule has 0 unspecified atom stereocenters. The van der Waals surface area contributed by atoms with Crippen LogP contribution in [-0.4, -0.2) is 23.2 Å². The Kier molecular flexibility index (Phi) is 3.36. The second kappa shape index (κ2) is 5.17. The van der Waals surface area contributed by atoms with Crippen molar-refractivity contribution in [2.75, 3.05) is 22.9 Å². The number of carbonyl (C=O) groups excluding carboxylic acids is 1. The van der Waals surface area contributed by atoms with E-state index in [1.165, 1.54) is 0 Å². The number of rotatable bonds is 1. The summed E-state index contributed by atoms with van der Waals surface area (Å²) in [7, 11) is 0. The largest absolute Gasteiger partial charge is 0.397 e. The Hall–Kier alpha value is -2.01. The number of benzene rings is 1. The van der Waals surface area contributed by atoms with E-state index in [0.29, 0.717) is 23.5 Å². The van der Waals surface area contributed by atoms with Gasteiger partial charge < -0.3 is 10.6 Å². The molecule has 1 aliphatic rings. The predicted molar refractivity (Wildman–Crippen MR) is 82.2 cm³/mol. The van der Waals surface area contributed by atoms with Gasteiger partial charge in [0.05, 0.1) is 28.8 Å². The lowest BCUT2D eigenvalue weighted by molar-refractivity contribution is 0.0986. The zero-order chi connectivity index (χ0) is 14.1. The molecule has 1 aromatic heterocycles. The standard InChI is InChI=1S/C15H15N3OS/c1-10-12(8-11(16)9-17-10)15(19)18-6-7-20-14-5-3-2-4-13(14)18/h2-5,8-9H,6-7,16H2,1H3. The number of nitrogens with two attached hydrogens (primary N) is 1. The maximum absolute atomic E-state index is 12.8. The highest BCUT2D eigenvalue weighted by atomic mass is 32.2. The highest BCUT2D eigenvalue weighted by Gasteiger charge is 2.25. The van der Waals surface area contributed by atoms with Gasteiger partial charge in [0.25, 0.3) is 5.91 Å². The fourth-order valence-corrected chi connectivity index (χ4v) is 3.29. The number of carbonyl (C=O) groups is 1. The van der Waals surface area contributed by atoms with Crippen LogP contribution in [0, 0.1) is 6.92 Å². The molecule has 0 fully saturated rings. The average molecular weight is 285 g/mol. The Balaban J connectivity index is 2.02. The number of nitrogens with zero attached hydrogens (tertiary/aromatic N) is 2. The Morgan fingerprint density at radius 1 is 1.40 bits per heavy atom. The van der Waals surface area contributed by atoms with Gasteiger partial charge in [-0.3, -0.25) is 9.78 Å². The van der Waals surface area contributed by atoms with Gasteiger partial charge in [0.1, 0.15) is 0 Å². The van der Waals surface area contributed by atoms with Crippen LogP contribution >= 0.6 is 11.8 Å². The first-order valence-electron chi connectivity index (χ1n) is 6.42. The first kappa shape index (κ1) is 13.0. The van der Waals surface area contributed by atoms with Crippen molar-refractivity contribution in [2.45, 2.75) is 11.8 Å². The summed E-state index contributed by atoms with van der Waals surface area (Å²) in [5.41, 5.74) is 8.52. The molecule has 5 heteroatoms. The third-order valence-electron chi connectivity index (χ3n) is 3.31. The van der Waals surface area contributed by atoms with Gasteiger partial charge >= 0.3 is 0 Å². The molecule has 2 aromatic rings. The molecule has 3 rings (SSSR count). The normalized spacial score (nSPS) is 13.9. The van der Waals surface area contributed by atoms with Gasteiger partial charge in [-0.2, -0.15) is 0 Å². The number of aryl methyl sites for hydroxylation is 1. The van der Waals surface area contributed by atoms with E-state index in [-0.39, 0.29) is 5.91 Å². The molecule has 4 nitrogen and oxygen atoms in total. The van der Waals surface area contributed by atoms with Gasteiger partial charge in [-0.15, -0.1) is 11.8 Å². The molecule has 1 aromatic carbocycles. The number of thioether (sulfide) groups is 1. The van der Waals surface area contributed by atoms with E-state index >= 15 is 0 Å². The van der Waals surface area contributed by atoms with Gasteiger partial charge in [0.15, 0.2) is 0 Å². The minimum Gasteiger partial charge on any atom is -0.397 e. The lowest BCUT2D eigenvalue weighted by atomic mass is 10.1. The number of para-hydroxylation sites is 1. The van der Waals surface area contributed by atoms with Crippen molar-refractivity contribution in [1.82, 2.24) is 4.98 Å². The molecule has 0 atom stereocenters. The van der Waals surface area contributed by atoms with Crippen LogP contribution in [0.1, 0.15) is 16.1 Å². The van der Waals surface area contributed by atoms with Gasteiger partial charge in [-0.05, 0) is 25.1 Å². The molecule has 20 heavy (non-hydrogen) atoms. The molecule has 1 aliphatic heterocycles. The number of hydrogen-bond donors (Lipinski definition) is 1. The van der Waals surface area contributed by atoms with Crippen LogP contribution in [-0.2, 0) is 0 Å². The lowest BCUT2D eigenvalue weighted by Gasteiger charge is -2.29. The van der Waals surface area contributed by atoms with Gasteiger partial charge in [-0.1, -0.05) is 12.1 Å². The second-order valence-electron chi connectivity index (χ2n) is 4.67. The number of fused-ring (bicyclic) bond motifs is 1. The number of pyridine rings is 1. The quantitative estimate of drug-likeness (QED) is 0.875. The van der Waals surface area contributed by atoms with Crippen molar-refractivity contribution in [3.05, 3.63) is 47.8 Å². The fourth-order valence-electron chi connectivity index (χ4n) is 2.29. The predicted octanol–water partition coefficient (Wildman–Crippen LogP) is 2.72. The first-order chi connectivity index (χ1) is 9.66. The Morgan fingerprint density at radius 2 is 2.20 bits per heavy atom. The molecule has 0 saturated heterocycles. The zero-order valence-corrected chi connectivity index (χ0v) is 12.0. The fraction of sp³-hybridized carbons (Fsp3) is 0.200. The van der Waals surface area contributed by atoms with E-state index in [2.05, 4.69) is 4.98 Å². The van der Waals surface area contributed by atoms with Crippen molar-refractivity contribution < 1.29 is 4.79 Å². The van der Waals surface area contributed by atoms with E-state index in [4.69, 9.17) is 5.73 Å². The van der Waals surface area contributed by atoms with E-state index in [1.807, 2.05) is 36.1 Å². The summed E-state index contributed by atoms with van der Waals surface area (Å²) in [6, 6.07) is 9.68. The Labute approximate surface area is 122 Å². The number of hydrogen-bond acceptors (Lipinski definition) is 4. The summed E-state index contributed by atoms with van der Waals surface area (Å²) in [6.07, 6.45) is 1.58. The third-order valence-corrected chi connectivity index (χ3v) is 4.36. The monoisotopic (exact) mass is 285 g/mol.